The Labute approximate surface area is 107 Å². The van der Waals surface area contributed by atoms with Crippen molar-refractivity contribution in [3.8, 4) is 11.8 Å². The molecule has 0 radical (unpaired) electrons. The highest BCUT2D eigenvalue weighted by Crippen LogP contribution is 2.23. The summed E-state index contributed by atoms with van der Waals surface area (Å²) in [6.07, 6.45) is 3.35. The van der Waals surface area contributed by atoms with Crippen molar-refractivity contribution in [1.82, 2.24) is 5.32 Å². The van der Waals surface area contributed by atoms with E-state index in [0.717, 1.165) is 13.0 Å². The van der Waals surface area contributed by atoms with Gasteiger partial charge in [0.15, 0.2) is 0 Å². The third kappa shape index (κ3) is 2.80. The lowest BCUT2D eigenvalue weighted by Crippen LogP contribution is -2.44. The molecular weight excluding hydrogens is 231 g/mol. The van der Waals surface area contributed by atoms with Crippen LogP contribution in [-0.4, -0.2) is 18.7 Å². The average Bonchev–Trinajstić information content (AvgIpc) is 2.40. The van der Waals surface area contributed by atoms with E-state index in [-0.39, 0.29) is 17.7 Å². The molecule has 0 aliphatic carbocycles. The molecule has 0 saturated carbocycles. The fourth-order valence-corrected chi connectivity index (χ4v) is 2.27. The minimum Gasteiger partial charge on any atom is -0.488 e. The Balaban J connectivity index is 2.09. The summed E-state index contributed by atoms with van der Waals surface area (Å²) in [6, 6.07) is 6.60. The molecule has 1 fully saturated rings. The molecular formula is C14H17FN2O. The first-order valence-corrected chi connectivity index (χ1v) is 6.31. The van der Waals surface area contributed by atoms with Crippen LogP contribution in [0.25, 0.3) is 0 Å². The number of piperidine rings is 1. The summed E-state index contributed by atoms with van der Waals surface area (Å²) in [4.78, 5) is 0. The highest BCUT2D eigenvalue weighted by Gasteiger charge is 2.22. The van der Waals surface area contributed by atoms with E-state index in [1.54, 1.807) is 12.1 Å². The van der Waals surface area contributed by atoms with Gasteiger partial charge >= 0.3 is 0 Å². The molecule has 2 rings (SSSR count). The van der Waals surface area contributed by atoms with Crippen molar-refractivity contribution in [2.45, 2.75) is 38.3 Å². The van der Waals surface area contributed by atoms with E-state index in [2.05, 4.69) is 5.32 Å². The fourth-order valence-electron chi connectivity index (χ4n) is 2.27. The quantitative estimate of drug-likeness (QED) is 0.894. The Kier molecular flexibility index (Phi) is 4.16. The summed E-state index contributed by atoms with van der Waals surface area (Å²) in [5.74, 6) is -0.198. The minimum absolute atomic E-state index is 0.0137. The molecule has 2 unspecified atom stereocenters. The number of nitrogens with one attached hydrogen (secondary N) is 1. The summed E-state index contributed by atoms with van der Waals surface area (Å²) < 4.78 is 19.2. The Morgan fingerprint density at radius 1 is 1.50 bits per heavy atom. The molecule has 0 spiro atoms. The molecule has 96 valence electrons. The monoisotopic (exact) mass is 248 g/mol. The van der Waals surface area contributed by atoms with E-state index in [1.807, 2.05) is 13.0 Å². The van der Waals surface area contributed by atoms with E-state index in [4.69, 9.17) is 10.00 Å². The molecule has 1 aliphatic rings. The maximum Gasteiger partial charge on any atom is 0.144 e. The lowest BCUT2D eigenvalue weighted by molar-refractivity contribution is 0.152. The van der Waals surface area contributed by atoms with Gasteiger partial charge in [0.25, 0.3) is 0 Å². The van der Waals surface area contributed by atoms with Crippen LogP contribution in [-0.2, 0) is 0 Å². The van der Waals surface area contributed by atoms with E-state index in [9.17, 15) is 4.39 Å². The van der Waals surface area contributed by atoms with Crippen molar-refractivity contribution in [3.63, 3.8) is 0 Å². The summed E-state index contributed by atoms with van der Waals surface area (Å²) >= 11 is 0. The van der Waals surface area contributed by atoms with E-state index in [0.29, 0.717) is 5.75 Å². The van der Waals surface area contributed by atoms with Crippen molar-refractivity contribution in [1.29, 1.82) is 5.26 Å². The Morgan fingerprint density at radius 3 is 3.00 bits per heavy atom. The summed E-state index contributed by atoms with van der Waals surface area (Å²) in [7, 11) is 0. The third-order valence-electron chi connectivity index (χ3n) is 3.32. The Morgan fingerprint density at radius 2 is 2.33 bits per heavy atom. The first-order chi connectivity index (χ1) is 8.72. The maximum absolute atomic E-state index is 13.4. The molecule has 1 N–H and O–H groups in total. The number of nitriles is 1. The van der Waals surface area contributed by atoms with Gasteiger partial charge in [0.05, 0.1) is 0 Å². The van der Waals surface area contributed by atoms with Gasteiger partial charge < -0.3 is 10.1 Å². The zero-order valence-corrected chi connectivity index (χ0v) is 10.4. The molecule has 1 aromatic rings. The van der Waals surface area contributed by atoms with Crippen molar-refractivity contribution in [2.75, 3.05) is 6.54 Å². The average molecular weight is 248 g/mol. The van der Waals surface area contributed by atoms with Crippen molar-refractivity contribution in [2.24, 2.45) is 0 Å². The largest absolute Gasteiger partial charge is 0.488 e. The third-order valence-corrected chi connectivity index (χ3v) is 3.32. The van der Waals surface area contributed by atoms with Crippen LogP contribution in [0.15, 0.2) is 18.2 Å². The standard InChI is InChI=1S/C14H17FN2O/c1-10(13-6-2-3-8-17-13)18-14-7-4-5-12(15)11(14)9-16/h4-5,7,10,13,17H,2-3,6,8H2,1H3. The molecule has 1 heterocycles. The van der Waals surface area contributed by atoms with Crippen LogP contribution in [0.3, 0.4) is 0 Å². The van der Waals surface area contributed by atoms with Crippen LogP contribution in [0.2, 0.25) is 0 Å². The molecule has 0 amide bonds. The zero-order chi connectivity index (χ0) is 13.0. The van der Waals surface area contributed by atoms with Gasteiger partial charge in [-0.05, 0) is 38.4 Å². The van der Waals surface area contributed by atoms with Gasteiger partial charge in [0, 0.05) is 6.04 Å². The van der Waals surface area contributed by atoms with Crippen LogP contribution in [0.1, 0.15) is 31.7 Å². The molecule has 1 aromatic carbocycles. The lowest BCUT2D eigenvalue weighted by atomic mass is 10.0. The number of hydrogen-bond acceptors (Lipinski definition) is 3. The molecule has 1 saturated heterocycles. The SMILES string of the molecule is CC(Oc1cccc(F)c1C#N)C1CCCCN1. The molecule has 0 bridgehead atoms. The predicted molar refractivity (Wildman–Crippen MR) is 66.8 cm³/mol. The molecule has 2 atom stereocenters. The second-order valence-electron chi connectivity index (χ2n) is 4.60. The Bertz CT molecular complexity index is 450. The van der Waals surface area contributed by atoms with Crippen LogP contribution in [0.5, 0.6) is 5.75 Å². The maximum atomic E-state index is 13.4. The predicted octanol–water partition coefficient (Wildman–Crippen LogP) is 2.61. The first-order valence-electron chi connectivity index (χ1n) is 6.31. The summed E-state index contributed by atoms with van der Waals surface area (Å²) in [6.45, 7) is 2.95. The Hall–Kier alpha value is -1.60. The topological polar surface area (TPSA) is 45.0 Å². The molecule has 1 aliphatic heterocycles. The van der Waals surface area contributed by atoms with Gasteiger partial charge in [-0.2, -0.15) is 5.26 Å². The smallest absolute Gasteiger partial charge is 0.144 e. The van der Waals surface area contributed by atoms with Gasteiger partial charge in [0.2, 0.25) is 0 Å². The van der Waals surface area contributed by atoms with Gasteiger partial charge in [-0.25, -0.2) is 4.39 Å². The van der Waals surface area contributed by atoms with E-state index >= 15 is 0 Å². The van der Waals surface area contributed by atoms with E-state index in [1.165, 1.54) is 18.9 Å². The number of rotatable bonds is 3. The van der Waals surface area contributed by atoms with Crippen molar-refractivity contribution < 1.29 is 9.13 Å². The first kappa shape index (κ1) is 12.8. The van der Waals surface area contributed by atoms with Crippen LogP contribution >= 0.6 is 0 Å². The van der Waals surface area contributed by atoms with E-state index < -0.39 is 5.82 Å². The molecule has 18 heavy (non-hydrogen) atoms. The number of benzene rings is 1. The number of hydrogen-bond donors (Lipinski definition) is 1. The molecule has 3 nitrogen and oxygen atoms in total. The summed E-state index contributed by atoms with van der Waals surface area (Å²) in [5.41, 5.74) is -0.0137. The second-order valence-corrected chi connectivity index (χ2v) is 4.60. The molecule has 4 heteroatoms. The van der Waals surface area contributed by atoms with Gasteiger partial charge in [-0.15, -0.1) is 0 Å². The van der Waals surface area contributed by atoms with Crippen LogP contribution < -0.4 is 10.1 Å². The highest BCUT2D eigenvalue weighted by molar-refractivity contribution is 5.43. The van der Waals surface area contributed by atoms with Crippen LogP contribution in [0.4, 0.5) is 4.39 Å². The van der Waals surface area contributed by atoms with Gasteiger partial charge in [-0.1, -0.05) is 12.5 Å². The summed E-state index contributed by atoms with van der Waals surface area (Å²) in [5, 5.41) is 12.3. The number of nitrogens with zero attached hydrogens (tertiary/aromatic N) is 1. The normalized spacial score (nSPS) is 21.1. The molecule has 0 aromatic heterocycles. The van der Waals surface area contributed by atoms with Gasteiger partial charge in [0.1, 0.15) is 29.3 Å². The minimum atomic E-state index is -0.529. The van der Waals surface area contributed by atoms with Crippen molar-refractivity contribution >= 4 is 0 Å². The lowest BCUT2D eigenvalue weighted by Gasteiger charge is -2.29. The second kappa shape index (κ2) is 5.83. The van der Waals surface area contributed by atoms with Crippen LogP contribution in [0, 0.1) is 17.1 Å². The van der Waals surface area contributed by atoms with Crippen molar-refractivity contribution in [3.05, 3.63) is 29.6 Å². The van der Waals surface area contributed by atoms with Gasteiger partial charge in [-0.3, -0.25) is 0 Å². The zero-order valence-electron chi connectivity index (χ0n) is 10.4. The number of ether oxygens (including phenoxy) is 1. The fraction of sp³-hybridized carbons (Fsp3) is 0.500. The highest BCUT2D eigenvalue weighted by atomic mass is 19.1. The number of halogens is 1.